The molecule has 3 heterocycles. The molecular weight excluding hydrogens is 382 g/mol. The van der Waals surface area contributed by atoms with Crippen LogP contribution in [0, 0.1) is 6.92 Å². The van der Waals surface area contributed by atoms with Crippen LogP contribution in [0.5, 0.6) is 0 Å². The smallest absolute Gasteiger partial charge is 0.161 e. The van der Waals surface area contributed by atoms with Crippen molar-refractivity contribution in [2.24, 2.45) is 0 Å². The fourth-order valence-electron chi connectivity index (χ4n) is 3.54. The first kappa shape index (κ1) is 18.9. The standard InChI is InChI=1S/C26H21N5/c1-18-15-21(10-13-27-18)20-6-4-19(5-7-20)17-30-25-11-14-29-26(31-25)23-8-9-24-22(16-23)3-2-12-28-24/h2-16H,17H2,1H3,(H,29,30,31). The number of anilines is 1. The van der Waals surface area contributed by atoms with Crippen LogP contribution < -0.4 is 5.32 Å². The Bertz CT molecular complexity index is 1350. The van der Waals surface area contributed by atoms with Crippen LogP contribution in [0.4, 0.5) is 5.82 Å². The van der Waals surface area contributed by atoms with Crippen molar-refractivity contribution in [2.75, 3.05) is 5.32 Å². The van der Waals surface area contributed by atoms with Gasteiger partial charge in [-0.1, -0.05) is 30.3 Å². The van der Waals surface area contributed by atoms with Crippen molar-refractivity contribution in [2.45, 2.75) is 13.5 Å². The molecule has 0 spiro atoms. The van der Waals surface area contributed by atoms with Crippen LogP contribution in [0.2, 0.25) is 0 Å². The van der Waals surface area contributed by atoms with Gasteiger partial charge in [0.15, 0.2) is 5.82 Å². The molecule has 5 heteroatoms. The summed E-state index contributed by atoms with van der Waals surface area (Å²) in [7, 11) is 0. The highest BCUT2D eigenvalue weighted by atomic mass is 15.0. The van der Waals surface area contributed by atoms with E-state index in [0.29, 0.717) is 12.4 Å². The summed E-state index contributed by atoms with van der Waals surface area (Å²) >= 11 is 0. The molecule has 0 amide bonds. The number of aryl methyl sites for hydroxylation is 1. The van der Waals surface area contributed by atoms with Crippen LogP contribution >= 0.6 is 0 Å². The Kier molecular flexibility index (Phi) is 5.07. The first-order chi connectivity index (χ1) is 15.2. The number of pyridine rings is 2. The molecule has 0 saturated heterocycles. The maximum absolute atomic E-state index is 4.69. The first-order valence-electron chi connectivity index (χ1n) is 10.2. The van der Waals surface area contributed by atoms with Gasteiger partial charge in [0.1, 0.15) is 5.82 Å². The lowest BCUT2D eigenvalue weighted by molar-refractivity contribution is 1.09. The highest BCUT2D eigenvalue weighted by Crippen LogP contribution is 2.22. The normalized spacial score (nSPS) is 10.9. The monoisotopic (exact) mass is 403 g/mol. The number of nitrogens with one attached hydrogen (secondary N) is 1. The molecule has 5 aromatic rings. The molecule has 0 aliphatic heterocycles. The van der Waals surface area contributed by atoms with E-state index in [1.807, 2.05) is 49.5 Å². The molecule has 150 valence electrons. The SMILES string of the molecule is Cc1cc(-c2ccc(CNc3ccnc(-c4ccc5ncccc5c4)n3)cc2)ccn1. The van der Waals surface area contributed by atoms with Gasteiger partial charge in [-0.15, -0.1) is 0 Å². The molecule has 0 radical (unpaired) electrons. The van der Waals surface area contributed by atoms with Gasteiger partial charge >= 0.3 is 0 Å². The van der Waals surface area contributed by atoms with E-state index in [-0.39, 0.29) is 0 Å². The van der Waals surface area contributed by atoms with Gasteiger partial charge in [-0.3, -0.25) is 9.97 Å². The van der Waals surface area contributed by atoms with Crippen molar-refractivity contribution in [1.82, 2.24) is 19.9 Å². The quantitative estimate of drug-likeness (QED) is 0.409. The van der Waals surface area contributed by atoms with E-state index in [0.717, 1.165) is 28.0 Å². The zero-order valence-corrected chi connectivity index (χ0v) is 17.2. The maximum Gasteiger partial charge on any atom is 0.161 e. The van der Waals surface area contributed by atoms with Crippen LogP contribution in [-0.2, 0) is 6.54 Å². The minimum Gasteiger partial charge on any atom is -0.366 e. The summed E-state index contributed by atoms with van der Waals surface area (Å²) in [5, 5.41) is 4.48. The largest absolute Gasteiger partial charge is 0.366 e. The minimum atomic E-state index is 0.688. The van der Waals surface area contributed by atoms with Crippen molar-refractivity contribution in [3.8, 4) is 22.5 Å². The van der Waals surface area contributed by atoms with Gasteiger partial charge in [0, 0.05) is 41.8 Å². The Morgan fingerprint density at radius 2 is 1.55 bits per heavy atom. The van der Waals surface area contributed by atoms with Gasteiger partial charge in [0.25, 0.3) is 0 Å². The van der Waals surface area contributed by atoms with E-state index in [2.05, 4.69) is 56.7 Å². The lowest BCUT2D eigenvalue weighted by Gasteiger charge is -2.09. The lowest BCUT2D eigenvalue weighted by atomic mass is 10.0. The summed E-state index contributed by atoms with van der Waals surface area (Å²) in [5.74, 6) is 1.49. The van der Waals surface area contributed by atoms with Crippen molar-refractivity contribution in [3.63, 3.8) is 0 Å². The number of rotatable bonds is 5. The fourth-order valence-corrected chi connectivity index (χ4v) is 3.54. The average Bonchev–Trinajstić information content (AvgIpc) is 2.83. The lowest BCUT2D eigenvalue weighted by Crippen LogP contribution is -2.02. The van der Waals surface area contributed by atoms with Crippen molar-refractivity contribution in [1.29, 1.82) is 0 Å². The summed E-state index contributed by atoms with van der Waals surface area (Å²) in [6.45, 7) is 2.69. The van der Waals surface area contributed by atoms with Gasteiger partial charge in [-0.25, -0.2) is 9.97 Å². The number of nitrogens with zero attached hydrogens (tertiary/aromatic N) is 4. The second-order valence-electron chi connectivity index (χ2n) is 7.41. The van der Waals surface area contributed by atoms with Crippen LogP contribution in [-0.4, -0.2) is 19.9 Å². The zero-order valence-electron chi connectivity index (χ0n) is 17.2. The van der Waals surface area contributed by atoms with Crippen molar-refractivity contribution >= 4 is 16.7 Å². The number of hydrogen-bond acceptors (Lipinski definition) is 5. The Labute approximate surface area is 180 Å². The van der Waals surface area contributed by atoms with E-state index in [1.54, 1.807) is 12.4 Å². The summed E-state index contributed by atoms with van der Waals surface area (Å²) < 4.78 is 0. The van der Waals surface area contributed by atoms with Crippen LogP contribution in [0.3, 0.4) is 0 Å². The molecule has 0 fully saturated rings. The maximum atomic E-state index is 4.69. The summed E-state index contributed by atoms with van der Waals surface area (Å²) in [6.07, 6.45) is 5.43. The molecule has 2 aromatic carbocycles. The second-order valence-corrected chi connectivity index (χ2v) is 7.41. The van der Waals surface area contributed by atoms with E-state index >= 15 is 0 Å². The summed E-state index contributed by atoms with van der Waals surface area (Å²) in [5.41, 5.74) is 6.51. The van der Waals surface area contributed by atoms with Gasteiger partial charge in [0.05, 0.1) is 5.52 Å². The number of hydrogen-bond donors (Lipinski definition) is 1. The molecule has 0 saturated carbocycles. The third-order valence-corrected chi connectivity index (χ3v) is 5.17. The van der Waals surface area contributed by atoms with Crippen LogP contribution in [0.25, 0.3) is 33.4 Å². The van der Waals surface area contributed by atoms with E-state index in [9.17, 15) is 0 Å². The topological polar surface area (TPSA) is 63.6 Å². The van der Waals surface area contributed by atoms with Crippen molar-refractivity contribution in [3.05, 3.63) is 103 Å². The van der Waals surface area contributed by atoms with Crippen LogP contribution in [0.15, 0.2) is 91.4 Å². The van der Waals surface area contributed by atoms with Gasteiger partial charge in [-0.05, 0) is 66.1 Å². The Morgan fingerprint density at radius 1 is 0.710 bits per heavy atom. The van der Waals surface area contributed by atoms with E-state index in [4.69, 9.17) is 4.98 Å². The molecule has 0 bridgehead atoms. The third kappa shape index (κ3) is 4.26. The molecule has 0 atom stereocenters. The number of fused-ring (bicyclic) bond motifs is 1. The first-order valence-corrected chi connectivity index (χ1v) is 10.2. The number of benzene rings is 2. The molecule has 31 heavy (non-hydrogen) atoms. The highest BCUT2D eigenvalue weighted by Gasteiger charge is 2.05. The molecule has 1 N–H and O–H groups in total. The molecular formula is C26H21N5. The Balaban J connectivity index is 1.30. The minimum absolute atomic E-state index is 0.688. The van der Waals surface area contributed by atoms with E-state index in [1.165, 1.54) is 16.7 Å². The molecule has 5 nitrogen and oxygen atoms in total. The fraction of sp³-hybridized carbons (Fsp3) is 0.0769. The van der Waals surface area contributed by atoms with E-state index < -0.39 is 0 Å². The molecule has 0 unspecified atom stereocenters. The number of aromatic nitrogens is 4. The second kappa shape index (κ2) is 8.32. The summed E-state index contributed by atoms with van der Waals surface area (Å²) in [4.78, 5) is 17.8. The van der Waals surface area contributed by atoms with Gasteiger partial charge < -0.3 is 5.32 Å². The summed E-state index contributed by atoms with van der Waals surface area (Å²) in [6, 6.07) is 24.6. The predicted octanol–water partition coefficient (Wildman–Crippen LogP) is 5.67. The van der Waals surface area contributed by atoms with Crippen LogP contribution in [0.1, 0.15) is 11.3 Å². The zero-order chi connectivity index (χ0) is 21.0. The molecule has 0 aliphatic carbocycles. The Hall–Kier alpha value is -4.12. The third-order valence-electron chi connectivity index (χ3n) is 5.17. The van der Waals surface area contributed by atoms with Gasteiger partial charge in [-0.2, -0.15) is 0 Å². The molecule has 0 aliphatic rings. The Morgan fingerprint density at radius 3 is 2.42 bits per heavy atom. The van der Waals surface area contributed by atoms with Gasteiger partial charge in [0.2, 0.25) is 0 Å². The predicted molar refractivity (Wildman–Crippen MR) is 125 cm³/mol. The average molecular weight is 403 g/mol. The molecule has 3 aromatic heterocycles. The molecule has 5 rings (SSSR count). The highest BCUT2D eigenvalue weighted by molar-refractivity contribution is 5.83. The van der Waals surface area contributed by atoms with Crippen molar-refractivity contribution < 1.29 is 0 Å².